The van der Waals surface area contributed by atoms with E-state index in [0.29, 0.717) is 25.2 Å². The van der Waals surface area contributed by atoms with Crippen LogP contribution < -0.4 is 0 Å². The van der Waals surface area contributed by atoms with Crippen molar-refractivity contribution in [2.24, 2.45) is 20.9 Å². The summed E-state index contributed by atoms with van der Waals surface area (Å²) in [5, 5.41) is 0. The molecule has 0 amide bonds. The van der Waals surface area contributed by atoms with E-state index in [9.17, 15) is 14.4 Å². The minimum atomic E-state index is -1.35. The zero-order chi connectivity index (χ0) is 16.6. The van der Waals surface area contributed by atoms with Gasteiger partial charge in [0.25, 0.3) is 0 Å². The lowest BCUT2D eigenvalue weighted by atomic mass is 9.68. The van der Waals surface area contributed by atoms with Crippen molar-refractivity contribution in [3.63, 3.8) is 0 Å². The van der Waals surface area contributed by atoms with E-state index in [1.807, 2.05) is 0 Å². The average Bonchev–Trinajstić information content (AvgIpc) is 2.57. The summed E-state index contributed by atoms with van der Waals surface area (Å²) in [4.78, 5) is 45.2. The molecule has 0 aromatic carbocycles. The molecule has 2 rings (SSSR count). The Morgan fingerprint density at radius 3 is 1.91 bits per heavy atom. The van der Waals surface area contributed by atoms with Gasteiger partial charge in [0.05, 0.1) is 0 Å². The second-order valence-corrected chi connectivity index (χ2v) is 6.73. The van der Waals surface area contributed by atoms with Crippen LogP contribution in [0, 0.1) is 5.92 Å². The molecule has 0 spiro atoms. The molecule has 2 aliphatic rings. The highest BCUT2D eigenvalue weighted by Gasteiger charge is 2.54. The normalized spacial score (nSPS) is 23.5. The minimum Gasteiger partial charge on any atom is -0.211 e. The number of isocyanates is 3. The van der Waals surface area contributed by atoms with E-state index in [2.05, 4.69) is 15.0 Å². The lowest BCUT2D eigenvalue weighted by Crippen LogP contribution is -2.52. The Bertz CT molecular complexity index is 525. The number of nitrogens with zero attached hydrogens (tertiary/aromatic N) is 3. The Hall–Kier alpha value is -1.86. The minimum absolute atomic E-state index is 0.318. The quantitative estimate of drug-likeness (QED) is 0.555. The van der Waals surface area contributed by atoms with Crippen molar-refractivity contribution in [3.8, 4) is 0 Å². The van der Waals surface area contributed by atoms with E-state index >= 15 is 0 Å². The summed E-state index contributed by atoms with van der Waals surface area (Å²) < 4.78 is 0. The topological polar surface area (TPSA) is 88.3 Å². The van der Waals surface area contributed by atoms with E-state index in [1.54, 1.807) is 18.2 Å². The lowest BCUT2D eigenvalue weighted by Gasteiger charge is -2.44. The average molecular weight is 317 g/mol. The molecular weight excluding hydrogens is 294 g/mol. The molecular formula is C17H23N3O3. The van der Waals surface area contributed by atoms with Gasteiger partial charge < -0.3 is 0 Å². The van der Waals surface area contributed by atoms with E-state index in [1.165, 1.54) is 6.42 Å². The molecule has 0 unspecified atom stereocenters. The summed E-state index contributed by atoms with van der Waals surface area (Å²) in [6.07, 6.45) is 14.6. The first-order valence-corrected chi connectivity index (χ1v) is 8.49. The van der Waals surface area contributed by atoms with Crippen LogP contribution in [-0.4, -0.2) is 29.4 Å². The summed E-state index contributed by atoms with van der Waals surface area (Å²) in [5.41, 5.74) is -2.31. The first-order valence-electron chi connectivity index (χ1n) is 8.49. The summed E-state index contributed by atoms with van der Waals surface area (Å²) in [6, 6.07) is 0. The van der Waals surface area contributed by atoms with Gasteiger partial charge in [-0.2, -0.15) is 15.0 Å². The molecule has 0 saturated heterocycles. The van der Waals surface area contributed by atoms with Crippen molar-refractivity contribution in [2.75, 3.05) is 0 Å². The van der Waals surface area contributed by atoms with Crippen LogP contribution in [0.5, 0.6) is 0 Å². The number of aliphatic imine (C=N–C) groups is 3. The van der Waals surface area contributed by atoms with Crippen LogP contribution >= 0.6 is 0 Å². The fraction of sp³-hybridized carbons (Fsp3) is 0.824. The standard InChI is InChI=1S/C17H23N3O3/c21-12-18-16(9-5-2-6-10-16)17(19-13-22,20-14-23)11-15-7-3-1-4-8-15/h15H,1-11H2. The van der Waals surface area contributed by atoms with Gasteiger partial charge >= 0.3 is 0 Å². The smallest absolute Gasteiger partial charge is 0.211 e. The molecule has 0 aromatic heterocycles. The number of carbonyl (C=O) groups excluding carboxylic acids is 3. The van der Waals surface area contributed by atoms with Crippen molar-refractivity contribution in [2.45, 2.75) is 81.8 Å². The molecule has 0 heterocycles. The van der Waals surface area contributed by atoms with Crippen molar-refractivity contribution in [1.82, 2.24) is 0 Å². The molecule has 2 fully saturated rings. The number of rotatable bonds is 6. The van der Waals surface area contributed by atoms with Crippen molar-refractivity contribution in [3.05, 3.63) is 0 Å². The molecule has 124 valence electrons. The van der Waals surface area contributed by atoms with Crippen LogP contribution in [0.25, 0.3) is 0 Å². The van der Waals surface area contributed by atoms with Crippen LogP contribution in [0.1, 0.15) is 70.6 Å². The number of hydrogen-bond donors (Lipinski definition) is 0. The van der Waals surface area contributed by atoms with Gasteiger partial charge in [-0.25, -0.2) is 14.4 Å². The van der Waals surface area contributed by atoms with E-state index in [0.717, 1.165) is 44.9 Å². The Labute approximate surface area is 136 Å². The largest absolute Gasteiger partial charge is 0.237 e. The molecule has 0 N–H and O–H groups in total. The second kappa shape index (κ2) is 8.12. The van der Waals surface area contributed by atoms with Crippen molar-refractivity contribution >= 4 is 18.2 Å². The molecule has 23 heavy (non-hydrogen) atoms. The highest BCUT2D eigenvalue weighted by atomic mass is 16.1. The maximum Gasteiger partial charge on any atom is 0.237 e. The van der Waals surface area contributed by atoms with Crippen molar-refractivity contribution < 1.29 is 14.4 Å². The van der Waals surface area contributed by atoms with Gasteiger partial charge in [0, 0.05) is 0 Å². The third-order valence-electron chi connectivity index (χ3n) is 5.44. The van der Waals surface area contributed by atoms with Crippen molar-refractivity contribution in [1.29, 1.82) is 0 Å². The third-order valence-corrected chi connectivity index (χ3v) is 5.44. The monoisotopic (exact) mass is 317 g/mol. The molecule has 6 heteroatoms. The Morgan fingerprint density at radius 1 is 0.826 bits per heavy atom. The molecule has 2 saturated carbocycles. The first-order chi connectivity index (χ1) is 11.2. The fourth-order valence-electron chi connectivity index (χ4n) is 4.28. The number of hydrogen-bond acceptors (Lipinski definition) is 6. The summed E-state index contributed by atoms with van der Waals surface area (Å²) in [6.45, 7) is 0. The maximum absolute atomic E-state index is 11.1. The predicted octanol–water partition coefficient (Wildman–Crippen LogP) is 3.36. The molecule has 0 aliphatic heterocycles. The molecule has 0 aromatic rings. The lowest BCUT2D eigenvalue weighted by molar-refractivity contribution is 0.129. The third kappa shape index (κ3) is 3.73. The van der Waals surface area contributed by atoms with E-state index < -0.39 is 11.2 Å². The van der Waals surface area contributed by atoms with Crippen LogP contribution in [0.2, 0.25) is 0 Å². The molecule has 0 radical (unpaired) electrons. The van der Waals surface area contributed by atoms with Gasteiger partial charge in [0.15, 0.2) is 0 Å². The first kappa shape index (κ1) is 17.5. The highest BCUT2D eigenvalue weighted by Crippen LogP contribution is 2.47. The van der Waals surface area contributed by atoms with E-state index in [4.69, 9.17) is 0 Å². The highest BCUT2D eigenvalue weighted by molar-refractivity contribution is 5.43. The summed E-state index contributed by atoms with van der Waals surface area (Å²) in [5.74, 6) is 0.318. The van der Waals surface area contributed by atoms with Crippen LogP contribution in [0.15, 0.2) is 15.0 Å². The summed E-state index contributed by atoms with van der Waals surface area (Å²) >= 11 is 0. The Morgan fingerprint density at radius 2 is 1.39 bits per heavy atom. The van der Waals surface area contributed by atoms with Crippen LogP contribution in [0.4, 0.5) is 0 Å². The van der Waals surface area contributed by atoms with Gasteiger partial charge in [-0.05, 0) is 25.2 Å². The second-order valence-electron chi connectivity index (χ2n) is 6.73. The van der Waals surface area contributed by atoms with Gasteiger partial charge in [-0.3, -0.25) is 0 Å². The van der Waals surface area contributed by atoms with Gasteiger partial charge in [0.1, 0.15) is 5.54 Å². The zero-order valence-corrected chi connectivity index (χ0v) is 13.4. The molecule has 0 atom stereocenters. The zero-order valence-electron chi connectivity index (χ0n) is 13.4. The fourth-order valence-corrected chi connectivity index (χ4v) is 4.28. The summed E-state index contributed by atoms with van der Waals surface area (Å²) in [7, 11) is 0. The van der Waals surface area contributed by atoms with Gasteiger partial charge in [-0.1, -0.05) is 51.4 Å². The van der Waals surface area contributed by atoms with Gasteiger partial charge in [-0.15, -0.1) is 0 Å². The molecule has 2 aliphatic carbocycles. The predicted molar refractivity (Wildman–Crippen MR) is 84.1 cm³/mol. The maximum atomic E-state index is 11.1. The molecule has 0 bridgehead atoms. The van der Waals surface area contributed by atoms with Gasteiger partial charge in [0.2, 0.25) is 23.9 Å². The Balaban J connectivity index is 2.46. The van der Waals surface area contributed by atoms with Crippen LogP contribution in [-0.2, 0) is 14.4 Å². The Kier molecular flexibility index (Phi) is 6.18. The SMILES string of the molecule is O=C=NC1(C(CC2CCCCC2)(N=C=O)N=C=O)CCCCC1. The van der Waals surface area contributed by atoms with Crippen LogP contribution in [0.3, 0.4) is 0 Å². The van der Waals surface area contributed by atoms with E-state index in [-0.39, 0.29) is 0 Å². The molecule has 6 nitrogen and oxygen atoms in total.